The molecule has 0 aliphatic heterocycles. The molecular formula is C10H26Cl3NO3Si2. The first-order valence-corrected chi connectivity index (χ1v) is 13.9. The second-order valence-electron chi connectivity index (χ2n) is 3.66. The van der Waals surface area contributed by atoms with Gasteiger partial charge in [0.1, 0.15) is 0 Å². The minimum absolute atomic E-state index is 0.636. The van der Waals surface area contributed by atoms with Crippen LogP contribution in [0.3, 0.4) is 0 Å². The highest BCUT2D eigenvalue weighted by Crippen LogP contribution is 2.17. The monoisotopic (exact) mass is 369 g/mol. The molecule has 0 aromatic heterocycles. The SMILES string of the molecule is CCO[Si](CCCN)(OCC)OCC.C[Si](Cl)(Cl)Cl. The van der Waals surface area contributed by atoms with Crippen LogP contribution in [-0.4, -0.2) is 41.2 Å². The summed E-state index contributed by atoms with van der Waals surface area (Å²) in [6.45, 7) is 10.1. The van der Waals surface area contributed by atoms with E-state index in [0.29, 0.717) is 26.4 Å². The largest absolute Gasteiger partial charge is 0.500 e. The summed E-state index contributed by atoms with van der Waals surface area (Å²) >= 11 is 15.6. The van der Waals surface area contributed by atoms with Crippen LogP contribution in [0, 0.1) is 0 Å². The minimum atomic E-state index is -2.40. The Kier molecular flexibility index (Phi) is 15.2. The molecule has 0 amide bonds. The fourth-order valence-electron chi connectivity index (χ4n) is 1.32. The maximum atomic E-state index is 5.65. The molecule has 0 rings (SSSR count). The Balaban J connectivity index is 0. The molecule has 0 aromatic rings. The average molecular weight is 371 g/mol. The van der Waals surface area contributed by atoms with E-state index in [4.69, 9.17) is 52.2 Å². The summed E-state index contributed by atoms with van der Waals surface area (Å²) in [6, 6.07) is -1.38. The van der Waals surface area contributed by atoms with Crippen LogP contribution < -0.4 is 5.73 Å². The van der Waals surface area contributed by atoms with Crippen molar-refractivity contribution < 1.29 is 13.3 Å². The predicted molar refractivity (Wildman–Crippen MR) is 88.3 cm³/mol. The molecule has 0 saturated carbocycles. The third-order valence-corrected chi connectivity index (χ3v) is 4.93. The highest BCUT2D eigenvalue weighted by Gasteiger charge is 2.39. The molecule has 0 fully saturated rings. The molecule has 0 aliphatic rings. The molecule has 0 aliphatic carbocycles. The lowest BCUT2D eigenvalue weighted by Gasteiger charge is -2.28. The number of hydrogen-bond acceptors (Lipinski definition) is 4. The lowest BCUT2D eigenvalue weighted by atomic mass is 10.5. The number of halogens is 3. The summed E-state index contributed by atoms with van der Waals surface area (Å²) in [5.74, 6) is 0. The molecule has 0 radical (unpaired) electrons. The van der Waals surface area contributed by atoms with Crippen LogP contribution in [0.5, 0.6) is 0 Å². The molecule has 0 saturated heterocycles. The number of nitrogens with two attached hydrogens (primary N) is 1. The maximum absolute atomic E-state index is 5.65. The van der Waals surface area contributed by atoms with E-state index in [1.807, 2.05) is 20.8 Å². The standard InChI is InChI=1S/C9H23NO3Si.CH3Cl3Si/c1-4-11-14(12-5-2,13-6-3)9-7-8-10;1-5(2,3)4/h4-10H2,1-3H3;1H3. The topological polar surface area (TPSA) is 53.7 Å². The zero-order chi connectivity index (χ0) is 15.4. The summed E-state index contributed by atoms with van der Waals surface area (Å²) in [4.78, 5) is 0. The maximum Gasteiger partial charge on any atom is 0.500 e. The Labute approximate surface area is 133 Å². The Bertz CT molecular complexity index is 186. The van der Waals surface area contributed by atoms with Crippen molar-refractivity contribution in [3.05, 3.63) is 0 Å². The number of rotatable bonds is 9. The lowest BCUT2D eigenvalue weighted by molar-refractivity contribution is 0.0710. The van der Waals surface area contributed by atoms with Gasteiger partial charge < -0.3 is 19.0 Å². The molecule has 19 heavy (non-hydrogen) atoms. The Hall–Kier alpha value is 1.14. The van der Waals surface area contributed by atoms with Crippen LogP contribution in [0.25, 0.3) is 0 Å². The van der Waals surface area contributed by atoms with Crippen molar-refractivity contribution in [3.63, 3.8) is 0 Å². The van der Waals surface area contributed by atoms with Crippen molar-refractivity contribution >= 4 is 48.0 Å². The van der Waals surface area contributed by atoms with Crippen LogP contribution in [0.2, 0.25) is 12.6 Å². The normalized spacial score (nSPS) is 12.0. The van der Waals surface area contributed by atoms with Crippen LogP contribution >= 0.6 is 33.2 Å². The van der Waals surface area contributed by atoms with Crippen molar-refractivity contribution in [2.75, 3.05) is 26.4 Å². The lowest BCUT2D eigenvalue weighted by Crippen LogP contribution is -2.46. The van der Waals surface area contributed by atoms with Gasteiger partial charge in [-0.1, -0.05) is 0 Å². The van der Waals surface area contributed by atoms with Crippen molar-refractivity contribution in [2.45, 2.75) is 39.8 Å². The molecule has 2 N–H and O–H groups in total. The van der Waals surface area contributed by atoms with Gasteiger partial charge in [0.05, 0.1) is 0 Å². The van der Waals surface area contributed by atoms with E-state index in [9.17, 15) is 0 Å². The van der Waals surface area contributed by atoms with Gasteiger partial charge in [0.25, 0.3) is 0 Å². The zero-order valence-corrected chi connectivity index (χ0v) is 16.4. The first-order valence-electron chi connectivity index (χ1n) is 6.43. The molecule has 0 spiro atoms. The molecule has 0 unspecified atom stereocenters. The van der Waals surface area contributed by atoms with Crippen molar-refractivity contribution in [1.82, 2.24) is 0 Å². The highest BCUT2D eigenvalue weighted by molar-refractivity contribution is 7.64. The summed E-state index contributed by atoms with van der Waals surface area (Å²) in [6.07, 6.45) is 0.895. The third kappa shape index (κ3) is 17.1. The molecule has 118 valence electrons. The molecule has 0 aromatic carbocycles. The summed E-state index contributed by atoms with van der Waals surface area (Å²) in [7, 11) is -2.40. The van der Waals surface area contributed by atoms with Gasteiger partial charge in [0.15, 0.2) is 0 Å². The minimum Gasteiger partial charge on any atom is -0.374 e. The van der Waals surface area contributed by atoms with Gasteiger partial charge in [-0.05, 0) is 40.3 Å². The van der Waals surface area contributed by atoms with Gasteiger partial charge >= 0.3 is 14.8 Å². The van der Waals surface area contributed by atoms with E-state index in [1.54, 1.807) is 6.55 Å². The molecule has 9 heteroatoms. The summed E-state index contributed by atoms with van der Waals surface area (Å²) in [5, 5.41) is 0. The summed E-state index contributed by atoms with van der Waals surface area (Å²) < 4.78 is 17.0. The van der Waals surface area contributed by atoms with Crippen molar-refractivity contribution in [2.24, 2.45) is 5.73 Å². The van der Waals surface area contributed by atoms with Gasteiger partial charge in [-0.3, -0.25) is 0 Å². The molecule has 0 bridgehead atoms. The Morgan fingerprint density at radius 3 is 1.42 bits per heavy atom. The van der Waals surface area contributed by atoms with Crippen LogP contribution in [-0.2, 0) is 13.3 Å². The van der Waals surface area contributed by atoms with E-state index in [2.05, 4.69) is 0 Å². The van der Waals surface area contributed by atoms with E-state index < -0.39 is 14.8 Å². The Morgan fingerprint density at radius 2 is 1.21 bits per heavy atom. The van der Waals surface area contributed by atoms with E-state index >= 15 is 0 Å². The smallest absolute Gasteiger partial charge is 0.374 e. The van der Waals surface area contributed by atoms with Gasteiger partial charge in [0, 0.05) is 25.9 Å². The van der Waals surface area contributed by atoms with Crippen molar-refractivity contribution in [1.29, 1.82) is 0 Å². The summed E-state index contributed by atoms with van der Waals surface area (Å²) in [5.41, 5.74) is 5.48. The molecule has 0 heterocycles. The molecular weight excluding hydrogens is 345 g/mol. The fraction of sp³-hybridized carbons (Fsp3) is 1.00. The first kappa shape index (κ1) is 22.4. The Morgan fingerprint density at radius 1 is 0.895 bits per heavy atom. The second kappa shape index (κ2) is 12.9. The van der Waals surface area contributed by atoms with Gasteiger partial charge in [0.2, 0.25) is 0 Å². The quantitative estimate of drug-likeness (QED) is 0.497. The predicted octanol–water partition coefficient (Wildman–Crippen LogP) is 3.66. The van der Waals surface area contributed by atoms with Crippen LogP contribution in [0.15, 0.2) is 0 Å². The van der Waals surface area contributed by atoms with E-state index in [0.717, 1.165) is 12.5 Å². The van der Waals surface area contributed by atoms with Crippen LogP contribution in [0.1, 0.15) is 27.2 Å². The number of hydrogen-bond donors (Lipinski definition) is 1. The second-order valence-corrected chi connectivity index (χ2v) is 16.5. The van der Waals surface area contributed by atoms with Gasteiger partial charge in [-0.2, -0.15) is 0 Å². The van der Waals surface area contributed by atoms with E-state index in [1.165, 1.54) is 0 Å². The van der Waals surface area contributed by atoms with Crippen molar-refractivity contribution in [3.8, 4) is 0 Å². The zero-order valence-electron chi connectivity index (χ0n) is 12.2. The molecule has 4 nitrogen and oxygen atoms in total. The fourth-order valence-corrected chi connectivity index (χ4v) is 3.96. The van der Waals surface area contributed by atoms with Gasteiger partial charge in [-0.25, -0.2) is 0 Å². The third-order valence-electron chi connectivity index (χ3n) is 1.78. The first-order chi connectivity index (χ1) is 8.74. The van der Waals surface area contributed by atoms with Gasteiger partial charge in [-0.15, -0.1) is 33.2 Å². The average Bonchev–Trinajstić information content (AvgIpc) is 2.25. The highest BCUT2D eigenvalue weighted by atomic mass is 35.8. The molecule has 0 atom stereocenters. The van der Waals surface area contributed by atoms with Crippen LogP contribution in [0.4, 0.5) is 0 Å². The van der Waals surface area contributed by atoms with E-state index in [-0.39, 0.29) is 0 Å².